The van der Waals surface area contributed by atoms with Crippen LogP contribution >= 0.6 is 0 Å². The Morgan fingerprint density at radius 3 is 2.42 bits per heavy atom. The monoisotopic (exact) mass is 332 g/mol. The fourth-order valence-corrected chi connectivity index (χ4v) is 4.81. The van der Waals surface area contributed by atoms with E-state index in [1.54, 1.807) is 6.08 Å². The number of fused-ring (bicyclic) bond motifs is 2. The van der Waals surface area contributed by atoms with E-state index in [1.165, 1.54) is 33.0 Å². The molecule has 1 heterocycles. The molecule has 2 bridgehead atoms. The van der Waals surface area contributed by atoms with Crippen LogP contribution in [0.3, 0.4) is 0 Å². The number of allylic oxidation sites excluding steroid dienone is 1. The van der Waals surface area contributed by atoms with Crippen LogP contribution in [0.25, 0.3) is 0 Å². The zero-order valence-electron chi connectivity index (χ0n) is 14.1. The summed E-state index contributed by atoms with van der Waals surface area (Å²) in [5.74, 6) is -4.22. The van der Waals surface area contributed by atoms with Crippen molar-refractivity contribution in [1.82, 2.24) is 4.90 Å². The van der Waals surface area contributed by atoms with Gasteiger partial charge in [-0.1, -0.05) is 6.08 Å². The maximum absolute atomic E-state index is 13.0. The van der Waals surface area contributed by atoms with Crippen LogP contribution in [0.1, 0.15) is 20.3 Å². The highest BCUT2D eigenvalue weighted by Gasteiger charge is 2.69. The van der Waals surface area contributed by atoms with E-state index in [2.05, 4.69) is 6.07 Å². The van der Waals surface area contributed by atoms with Gasteiger partial charge >= 0.3 is 0 Å². The first-order chi connectivity index (χ1) is 11.3. The van der Waals surface area contributed by atoms with E-state index < -0.39 is 29.6 Å². The standard InChI is InChI=1S/C17H20N2O5/c1-8(20)13-6-11-12-5-10(7-18)14(15(11)19(13)9(2)21)17(23-3,24-4)16(12)22/h6,10-12,14-15H,5H2,1-4H3/t10?,11-,12+,14-,15-/m1/s1. The highest BCUT2D eigenvalue weighted by Crippen LogP contribution is 2.57. The van der Waals surface area contributed by atoms with Gasteiger partial charge in [0.05, 0.1) is 29.6 Å². The Hall–Kier alpha value is -2.04. The van der Waals surface area contributed by atoms with Gasteiger partial charge in [0.15, 0.2) is 11.6 Å². The van der Waals surface area contributed by atoms with Gasteiger partial charge in [-0.2, -0.15) is 5.26 Å². The number of carbonyl (C=O) groups excluding carboxylic acids is 3. The molecule has 0 radical (unpaired) electrons. The van der Waals surface area contributed by atoms with Gasteiger partial charge in [0.1, 0.15) is 0 Å². The molecule has 1 aliphatic heterocycles. The Morgan fingerprint density at radius 1 is 1.33 bits per heavy atom. The van der Waals surface area contributed by atoms with Gasteiger partial charge in [-0.05, 0) is 6.42 Å². The molecule has 1 amide bonds. The van der Waals surface area contributed by atoms with Crippen LogP contribution in [0.15, 0.2) is 11.8 Å². The molecular formula is C17H20N2O5. The number of ether oxygens (including phenoxy) is 2. The zero-order valence-corrected chi connectivity index (χ0v) is 14.1. The number of ketones is 2. The molecule has 0 aromatic rings. The van der Waals surface area contributed by atoms with Crippen molar-refractivity contribution < 1.29 is 23.9 Å². The van der Waals surface area contributed by atoms with Crippen molar-refractivity contribution in [3.63, 3.8) is 0 Å². The molecule has 0 aromatic heterocycles. The molecule has 3 aliphatic carbocycles. The maximum Gasteiger partial charge on any atom is 0.234 e. The van der Waals surface area contributed by atoms with Gasteiger partial charge in [-0.25, -0.2) is 0 Å². The van der Waals surface area contributed by atoms with Crippen molar-refractivity contribution in [2.75, 3.05) is 14.2 Å². The van der Waals surface area contributed by atoms with Gasteiger partial charge in [0.2, 0.25) is 11.7 Å². The minimum atomic E-state index is -1.56. The highest BCUT2D eigenvalue weighted by atomic mass is 16.7. The van der Waals surface area contributed by atoms with E-state index in [0.29, 0.717) is 12.1 Å². The molecule has 0 spiro atoms. The first kappa shape index (κ1) is 16.8. The van der Waals surface area contributed by atoms with Crippen molar-refractivity contribution in [2.45, 2.75) is 32.1 Å². The average molecular weight is 332 g/mol. The summed E-state index contributed by atoms with van der Waals surface area (Å²) >= 11 is 0. The van der Waals surface area contributed by atoms with Crippen molar-refractivity contribution in [3.05, 3.63) is 11.8 Å². The topological polar surface area (TPSA) is 96.7 Å². The number of nitriles is 1. The molecule has 7 nitrogen and oxygen atoms in total. The lowest BCUT2D eigenvalue weighted by Crippen LogP contribution is -2.70. The summed E-state index contributed by atoms with van der Waals surface area (Å²) in [6, 6.07) is 1.75. The van der Waals surface area contributed by atoms with Gasteiger partial charge in [0, 0.05) is 39.9 Å². The second kappa shape index (κ2) is 5.50. The molecule has 1 unspecified atom stereocenters. The molecule has 5 atom stereocenters. The largest absolute Gasteiger partial charge is 0.347 e. The van der Waals surface area contributed by atoms with Gasteiger partial charge in [-0.3, -0.25) is 14.4 Å². The highest BCUT2D eigenvalue weighted by molar-refractivity contribution is 5.99. The maximum atomic E-state index is 13.0. The third kappa shape index (κ3) is 1.87. The molecule has 3 fully saturated rings. The van der Waals surface area contributed by atoms with Crippen LogP contribution in [0, 0.1) is 35.0 Å². The average Bonchev–Trinajstić information content (AvgIpc) is 2.97. The summed E-state index contributed by atoms with van der Waals surface area (Å²) in [6.07, 6.45) is 2.11. The number of rotatable bonds is 3. The number of carbonyl (C=O) groups is 3. The number of methoxy groups -OCH3 is 2. The smallest absolute Gasteiger partial charge is 0.234 e. The summed E-state index contributed by atoms with van der Waals surface area (Å²) in [7, 11) is 2.75. The van der Waals surface area contributed by atoms with Crippen molar-refractivity contribution >= 4 is 17.5 Å². The number of nitrogens with zero attached hydrogens (tertiary/aromatic N) is 2. The molecule has 0 aromatic carbocycles. The fraction of sp³-hybridized carbons (Fsp3) is 0.647. The van der Waals surface area contributed by atoms with E-state index in [9.17, 15) is 19.6 Å². The minimum absolute atomic E-state index is 0.213. The van der Waals surface area contributed by atoms with Crippen molar-refractivity contribution in [3.8, 4) is 6.07 Å². The molecule has 3 saturated carbocycles. The second-order valence-electron chi connectivity index (χ2n) is 6.61. The van der Waals surface area contributed by atoms with E-state index in [-0.39, 0.29) is 23.4 Å². The van der Waals surface area contributed by atoms with E-state index >= 15 is 0 Å². The van der Waals surface area contributed by atoms with Crippen LogP contribution in [-0.2, 0) is 23.9 Å². The number of hydrogen-bond acceptors (Lipinski definition) is 6. The molecule has 4 aliphatic rings. The molecule has 0 N–H and O–H groups in total. The molecule has 0 saturated heterocycles. The van der Waals surface area contributed by atoms with E-state index in [4.69, 9.17) is 9.47 Å². The van der Waals surface area contributed by atoms with E-state index in [1.807, 2.05) is 0 Å². The Balaban J connectivity index is 2.19. The molecule has 7 heteroatoms. The molecular weight excluding hydrogens is 312 g/mol. The van der Waals surface area contributed by atoms with Crippen LogP contribution in [0.4, 0.5) is 0 Å². The lowest BCUT2D eigenvalue weighted by Gasteiger charge is -2.56. The quantitative estimate of drug-likeness (QED) is 0.704. The van der Waals surface area contributed by atoms with Crippen LogP contribution in [0.5, 0.6) is 0 Å². The Bertz CT molecular complexity index is 688. The summed E-state index contributed by atoms with van der Waals surface area (Å²) in [5.41, 5.74) is 0.293. The molecule has 24 heavy (non-hydrogen) atoms. The van der Waals surface area contributed by atoms with Crippen molar-refractivity contribution in [1.29, 1.82) is 5.26 Å². The second-order valence-corrected chi connectivity index (χ2v) is 6.61. The predicted octanol–water partition coefficient (Wildman–Crippen LogP) is 0.654. The minimum Gasteiger partial charge on any atom is -0.347 e. The Labute approximate surface area is 140 Å². The van der Waals surface area contributed by atoms with Gasteiger partial charge in [0.25, 0.3) is 0 Å². The predicted molar refractivity (Wildman–Crippen MR) is 81.0 cm³/mol. The van der Waals surface area contributed by atoms with Crippen LogP contribution in [-0.4, -0.2) is 48.4 Å². The summed E-state index contributed by atoms with van der Waals surface area (Å²) < 4.78 is 10.9. The molecule has 4 rings (SSSR count). The third-order valence-electron chi connectivity index (χ3n) is 5.67. The van der Waals surface area contributed by atoms with Gasteiger partial charge in [-0.15, -0.1) is 0 Å². The zero-order chi connectivity index (χ0) is 17.8. The number of hydrogen-bond donors (Lipinski definition) is 0. The van der Waals surface area contributed by atoms with Crippen molar-refractivity contribution in [2.24, 2.45) is 23.7 Å². The first-order valence-corrected chi connectivity index (χ1v) is 7.90. The lowest BCUT2D eigenvalue weighted by molar-refractivity contribution is -0.272. The normalized spacial score (nSPS) is 36.1. The number of amides is 1. The summed E-state index contributed by atoms with van der Waals surface area (Å²) in [4.78, 5) is 38.6. The fourth-order valence-electron chi connectivity index (χ4n) is 4.81. The summed E-state index contributed by atoms with van der Waals surface area (Å²) in [6.45, 7) is 2.77. The lowest BCUT2D eigenvalue weighted by atomic mass is 9.54. The van der Waals surface area contributed by atoms with E-state index in [0.717, 1.165) is 0 Å². The SMILES string of the molecule is COC1(OC)C(=O)[C@H]2CC(C#N)[C@@H]1[C@H]1[C@@H]2C=C(C(C)=O)N1C(C)=O. The third-order valence-corrected chi connectivity index (χ3v) is 5.67. The Morgan fingerprint density at radius 2 is 1.96 bits per heavy atom. The Kier molecular flexibility index (Phi) is 3.85. The molecule has 128 valence electrons. The van der Waals surface area contributed by atoms with Gasteiger partial charge < -0.3 is 14.4 Å². The van der Waals surface area contributed by atoms with Crippen LogP contribution < -0.4 is 0 Å². The first-order valence-electron chi connectivity index (χ1n) is 7.90. The van der Waals surface area contributed by atoms with Crippen LogP contribution in [0.2, 0.25) is 0 Å². The number of Topliss-reactive ketones (excluding diaryl/α,β-unsaturated/α-hetero) is 2. The summed E-state index contributed by atoms with van der Waals surface area (Å²) in [5, 5.41) is 9.58.